The molecule has 0 atom stereocenters. The van der Waals surface area contributed by atoms with Crippen LogP contribution in [0, 0.1) is 11.6 Å². The lowest BCUT2D eigenvalue weighted by molar-refractivity contribution is 0.280. The Morgan fingerprint density at radius 3 is 2.33 bits per heavy atom. The van der Waals surface area contributed by atoms with E-state index in [0.29, 0.717) is 25.0 Å². The predicted octanol–water partition coefficient (Wildman–Crippen LogP) is 3.24. The van der Waals surface area contributed by atoms with E-state index in [9.17, 15) is 17.2 Å². The molecule has 0 amide bonds. The Morgan fingerprint density at radius 2 is 1.89 bits per heavy atom. The van der Waals surface area contributed by atoms with Gasteiger partial charge >= 0.3 is 0 Å². The molecule has 100 valence electrons. The van der Waals surface area contributed by atoms with Gasteiger partial charge in [-0.05, 0) is 25.0 Å². The van der Waals surface area contributed by atoms with Crippen molar-refractivity contribution in [2.24, 2.45) is 0 Å². The summed E-state index contributed by atoms with van der Waals surface area (Å²) in [6, 6.07) is 1.24. The second kappa shape index (κ2) is 6.15. The van der Waals surface area contributed by atoms with Crippen molar-refractivity contribution in [1.82, 2.24) is 0 Å². The van der Waals surface area contributed by atoms with Gasteiger partial charge in [-0.3, -0.25) is 0 Å². The molecule has 1 aromatic rings. The molecule has 0 aliphatic heterocycles. The Bertz CT molecular complexity index is 520. The minimum absolute atomic E-state index is 0.104. The van der Waals surface area contributed by atoms with E-state index in [-0.39, 0.29) is 6.61 Å². The molecule has 0 radical (unpaired) electrons. The Kier molecular flexibility index (Phi) is 5.10. The lowest BCUT2D eigenvalue weighted by Gasteiger charge is -2.08. The number of hydrogen-bond donors (Lipinski definition) is 0. The summed E-state index contributed by atoms with van der Waals surface area (Å²) in [5.74, 6) is -2.82. The van der Waals surface area contributed by atoms with Gasteiger partial charge in [0.1, 0.15) is 0 Å². The summed E-state index contributed by atoms with van der Waals surface area (Å²) < 4.78 is 53.6. The highest BCUT2D eigenvalue weighted by Crippen LogP contribution is 2.27. The van der Waals surface area contributed by atoms with Gasteiger partial charge in [0.25, 0.3) is 9.05 Å². The second-order valence-electron chi connectivity index (χ2n) is 3.43. The first-order chi connectivity index (χ1) is 8.36. The van der Waals surface area contributed by atoms with E-state index in [1.165, 1.54) is 0 Å². The van der Waals surface area contributed by atoms with E-state index in [1.807, 2.05) is 0 Å². The smallest absolute Gasteiger partial charge is 0.261 e. The van der Waals surface area contributed by atoms with E-state index >= 15 is 0 Å². The third-order valence-corrected chi connectivity index (χ3v) is 3.39. The van der Waals surface area contributed by atoms with Gasteiger partial charge < -0.3 is 4.74 Å². The van der Waals surface area contributed by atoms with E-state index < -0.39 is 31.3 Å². The first-order valence-electron chi connectivity index (χ1n) is 5.03. The molecule has 3 nitrogen and oxygen atoms in total. The van der Waals surface area contributed by atoms with Crippen LogP contribution in [-0.2, 0) is 9.05 Å². The zero-order chi connectivity index (χ0) is 13.8. The van der Waals surface area contributed by atoms with Crippen LogP contribution in [0.4, 0.5) is 8.78 Å². The summed E-state index contributed by atoms with van der Waals surface area (Å²) in [6.45, 7) is 3.60. The van der Waals surface area contributed by atoms with Crippen molar-refractivity contribution in [3.05, 3.63) is 36.4 Å². The number of halogens is 3. The van der Waals surface area contributed by atoms with Crippen LogP contribution in [0.2, 0.25) is 0 Å². The molecule has 0 aromatic heterocycles. The van der Waals surface area contributed by atoms with Gasteiger partial charge in [-0.25, -0.2) is 17.2 Å². The minimum Gasteiger partial charge on any atom is -0.488 e. The Hall–Kier alpha value is -1.14. The maximum Gasteiger partial charge on any atom is 0.261 e. The zero-order valence-electron chi connectivity index (χ0n) is 9.33. The molecule has 0 bridgehead atoms. The number of benzene rings is 1. The van der Waals surface area contributed by atoms with Crippen LogP contribution in [0.1, 0.15) is 12.8 Å². The summed E-state index contributed by atoms with van der Waals surface area (Å²) in [6.07, 6.45) is 2.86. The SMILES string of the molecule is C=CCCCOc1c(F)cc(S(=O)(=O)Cl)cc1F. The van der Waals surface area contributed by atoms with Crippen molar-refractivity contribution >= 4 is 19.7 Å². The van der Waals surface area contributed by atoms with Crippen LogP contribution >= 0.6 is 10.7 Å². The molecule has 18 heavy (non-hydrogen) atoms. The van der Waals surface area contributed by atoms with Crippen LogP contribution in [-0.4, -0.2) is 15.0 Å². The van der Waals surface area contributed by atoms with Gasteiger partial charge in [-0.15, -0.1) is 6.58 Å². The third kappa shape index (κ3) is 3.96. The Morgan fingerprint density at radius 1 is 1.33 bits per heavy atom. The summed E-state index contributed by atoms with van der Waals surface area (Å²) in [4.78, 5) is -0.641. The molecule has 0 aliphatic carbocycles. The number of hydrogen-bond acceptors (Lipinski definition) is 3. The topological polar surface area (TPSA) is 43.4 Å². The van der Waals surface area contributed by atoms with Gasteiger partial charge in [0.05, 0.1) is 11.5 Å². The van der Waals surface area contributed by atoms with Crippen molar-refractivity contribution in [1.29, 1.82) is 0 Å². The van der Waals surface area contributed by atoms with Gasteiger partial charge in [0.2, 0.25) is 0 Å². The van der Waals surface area contributed by atoms with Crippen LogP contribution in [0.3, 0.4) is 0 Å². The standard InChI is InChI=1S/C11H11ClF2O3S/c1-2-3-4-5-17-11-9(13)6-8(7-10(11)14)18(12,15)16/h2,6-7H,1,3-5H2. The molecule has 0 unspecified atom stereocenters. The highest BCUT2D eigenvalue weighted by molar-refractivity contribution is 8.13. The molecule has 7 heteroatoms. The molecular weight excluding hydrogens is 286 g/mol. The largest absolute Gasteiger partial charge is 0.488 e. The van der Waals surface area contributed by atoms with Gasteiger partial charge in [-0.1, -0.05) is 6.08 Å². The van der Waals surface area contributed by atoms with E-state index in [1.54, 1.807) is 6.08 Å². The van der Waals surface area contributed by atoms with Crippen molar-refractivity contribution < 1.29 is 21.9 Å². The average molecular weight is 297 g/mol. The number of ether oxygens (including phenoxy) is 1. The number of allylic oxidation sites excluding steroid dienone is 1. The normalized spacial score (nSPS) is 11.3. The van der Waals surface area contributed by atoms with Gasteiger partial charge in [0, 0.05) is 10.7 Å². The molecule has 0 heterocycles. The van der Waals surface area contributed by atoms with Gasteiger partial charge in [-0.2, -0.15) is 0 Å². The van der Waals surface area contributed by atoms with Crippen LogP contribution < -0.4 is 4.74 Å². The first kappa shape index (κ1) is 14.9. The first-order valence-corrected chi connectivity index (χ1v) is 7.34. The van der Waals surface area contributed by atoms with E-state index in [4.69, 9.17) is 15.4 Å². The van der Waals surface area contributed by atoms with Crippen LogP contribution in [0.5, 0.6) is 5.75 Å². The molecular formula is C11H11ClF2O3S. The highest BCUT2D eigenvalue weighted by atomic mass is 35.7. The molecule has 1 aromatic carbocycles. The summed E-state index contributed by atoms with van der Waals surface area (Å²) in [5, 5.41) is 0. The molecule has 0 fully saturated rings. The number of rotatable bonds is 6. The van der Waals surface area contributed by atoms with Crippen molar-refractivity contribution in [2.75, 3.05) is 6.61 Å². The molecule has 0 aliphatic rings. The zero-order valence-corrected chi connectivity index (χ0v) is 10.9. The lowest BCUT2D eigenvalue weighted by Crippen LogP contribution is -2.03. The van der Waals surface area contributed by atoms with E-state index in [2.05, 4.69) is 6.58 Å². The quantitative estimate of drug-likeness (QED) is 0.460. The molecule has 1 rings (SSSR count). The Labute approximate surface area is 108 Å². The summed E-state index contributed by atoms with van der Waals surface area (Å²) in [7, 11) is 0.817. The van der Waals surface area contributed by atoms with Gasteiger partial charge in [0.15, 0.2) is 17.4 Å². The van der Waals surface area contributed by atoms with Crippen LogP contribution in [0.15, 0.2) is 29.7 Å². The van der Waals surface area contributed by atoms with Crippen molar-refractivity contribution in [3.63, 3.8) is 0 Å². The fraction of sp³-hybridized carbons (Fsp3) is 0.273. The summed E-state index contributed by atoms with van der Waals surface area (Å²) >= 11 is 0. The average Bonchev–Trinajstić information content (AvgIpc) is 2.25. The third-order valence-electron chi connectivity index (χ3n) is 2.05. The monoisotopic (exact) mass is 296 g/mol. The molecule has 0 spiro atoms. The number of unbranched alkanes of at least 4 members (excludes halogenated alkanes) is 1. The predicted molar refractivity (Wildman–Crippen MR) is 64.3 cm³/mol. The summed E-state index contributed by atoms with van der Waals surface area (Å²) in [5.41, 5.74) is 0. The molecule has 0 saturated carbocycles. The maximum absolute atomic E-state index is 13.4. The second-order valence-corrected chi connectivity index (χ2v) is 6.00. The van der Waals surface area contributed by atoms with Crippen LogP contribution in [0.25, 0.3) is 0 Å². The lowest BCUT2D eigenvalue weighted by atomic mass is 10.3. The molecule has 0 saturated heterocycles. The maximum atomic E-state index is 13.4. The van der Waals surface area contributed by atoms with Crippen molar-refractivity contribution in [2.45, 2.75) is 17.7 Å². The fourth-order valence-electron chi connectivity index (χ4n) is 1.22. The highest BCUT2D eigenvalue weighted by Gasteiger charge is 2.18. The van der Waals surface area contributed by atoms with E-state index in [0.717, 1.165) is 0 Å². The minimum atomic E-state index is -4.17. The van der Waals surface area contributed by atoms with Crippen molar-refractivity contribution in [3.8, 4) is 5.75 Å². The molecule has 0 N–H and O–H groups in total. The Balaban J connectivity index is 2.92. The fourth-order valence-corrected chi connectivity index (χ4v) is 1.97.